The van der Waals surface area contributed by atoms with Crippen LogP contribution in [0.3, 0.4) is 0 Å². The number of hydrogen-bond donors (Lipinski definition) is 1. The van der Waals surface area contributed by atoms with Crippen LogP contribution in [0.5, 0.6) is 0 Å². The number of rotatable bonds is 5. The first-order chi connectivity index (χ1) is 12.0. The number of carbonyl (C=O) groups excluding carboxylic acids is 2. The molecule has 0 aromatic carbocycles. The molecule has 0 aliphatic carbocycles. The Morgan fingerprint density at radius 1 is 1.48 bits per heavy atom. The number of amides is 2. The van der Waals surface area contributed by atoms with Crippen molar-refractivity contribution < 1.29 is 14.3 Å². The van der Waals surface area contributed by atoms with Crippen molar-refractivity contribution in [3.8, 4) is 0 Å². The van der Waals surface area contributed by atoms with Gasteiger partial charge in [-0.05, 0) is 38.2 Å². The maximum atomic E-state index is 12.4. The molecule has 136 valence electrons. The van der Waals surface area contributed by atoms with E-state index in [1.165, 1.54) is 11.3 Å². The Kier molecular flexibility index (Phi) is 4.58. The van der Waals surface area contributed by atoms with Crippen LogP contribution in [0.25, 0.3) is 0 Å². The lowest BCUT2D eigenvalue weighted by atomic mass is 9.73. The molecule has 7 heteroatoms. The summed E-state index contributed by atoms with van der Waals surface area (Å²) in [6.45, 7) is 4.14. The predicted molar refractivity (Wildman–Crippen MR) is 100 cm³/mol. The molecule has 0 saturated carbocycles. The summed E-state index contributed by atoms with van der Waals surface area (Å²) in [7, 11) is 0. The molecule has 0 unspecified atom stereocenters. The van der Waals surface area contributed by atoms with Crippen LogP contribution >= 0.6 is 23.1 Å². The van der Waals surface area contributed by atoms with E-state index in [-0.39, 0.29) is 23.5 Å². The van der Waals surface area contributed by atoms with Gasteiger partial charge in [0.25, 0.3) is 5.91 Å². The molecule has 1 aromatic heterocycles. The molecule has 3 aliphatic heterocycles. The molecule has 1 aromatic rings. The van der Waals surface area contributed by atoms with Gasteiger partial charge in [0, 0.05) is 29.8 Å². The molecule has 0 radical (unpaired) electrons. The maximum Gasteiger partial charge on any atom is 0.261 e. The average Bonchev–Trinajstić information content (AvgIpc) is 3.32. The first-order valence-corrected chi connectivity index (χ1v) is 11.0. The Bertz CT molecular complexity index is 692. The molecule has 2 bridgehead atoms. The van der Waals surface area contributed by atoms with Gasteiger partial charge in [0.05, 0.1) is 28.9 Å². The predicted octanol–water partition coefficient (Wildman–Crippen LogP) is 2.16. The van der Waals surface area contributed by atoms with E-state index >= 15 is 0 Å². The van der Waals surface area contributed by atoms with E-state index in [0.717, 1.165) is 35.7 Å². The van der Waals surface area contributed by atoms with Gasteiger partial charge < -0.3 is 15.0 Å². The van der Waals surface area contributed by atoms with E-state index in [4.69, 9.17) is 4.74 Å². The minimum atomic E-state index is -0.159. The van der Waals surface area contributed by atoms with Gasteiger partial charge >= 0.3 is 0 Å². The minimum absolute atomic E-state index is 0.00300. The van der Waals surface area contributed by atoms with E-state index in [1.807, 2.05) is 30.2 Å². The van der Waals surface area contributed by atoms with Gasteiger partial charge in [-0.25, -0.2) is 0 Å². The van der Waals surface area contributed by atoms with Gasteiger partial charge in [-0.3, -0.25) is 9.59 Å². The number of thiophene rings is 1. The van der Waals surface area contributed by atoms with Crippen molar-refractivity contribution in [3.05, 3.63) is 21.9 Å². The molecule has 1 spiro atoms. The first-order valence-electron chi connectivity index (χ1n) is 8.81. The summed E-state index contributed by atoms with van der Waals surface area (Å²) >= 11 is 3.09. The molecular weight excluding hydrogens is 356 g/mol. The number of nitrogens with one attached hydrogen (secondary N) is 1. The number of ether oxygens (including phenoxy) is 1. The van der Waals surface area contributed by atoms with Gasteiger partial charge in [-0.15, -0.1) is 11.3 Å². The topological polar surface area (TPSA) is 58.6 Å². The zero-order valence-corrected chi connectivity index (χ0v) is 16.3. The zero-order chi connectivity index (χ0) is 17.6. The molecule has 4 rings (SSSR count). The number of aryl methyl sites for hydroxylation is 1. The molecule has 4 heterocycles. The van der Waals surface area contributed by atoms with Crippen molar-refractivity contribution in [2.24, 2.45) is 11.8 Å². The van der Waals surface area contributed by atoms with Gasteiger partial charge in [-0.1, -0.05) is 0 Å². The van der Waals surface area contributed by atoms with Gasteiger partial charge in [-0.2, -0.15) is 11.8 Å². The fourth-order valence-electron chi connectivity index (χ4n) is 4.72. The van der Waals surface area contributed by atoms with Crippen LogP contribution in [-0.2, 0) is 9.53 Å². The monoisotopic (exact) mass is 380 g/mol. The maximum absolute atomic E-state index is 12.4. The van der Waals surface area contributed by atoms with Crippen LogP contribution < -0.4 is 5.32 Å². The van der Waals surface area contributed by atoms with Gasteiger partial charge in [0.2, 0.25) is 5.91 Å². The van der Waals surface area contributed by atoms with Crippen LogP contribution in [-0.4, -0.2) is 60.1 Å². The summed E-state index contributed by atoms with van der Waals surface area (Å²) in [5, 5.41) is 3.10. The molecule has 3 fully saturated rings. The highest BCUT2D eigenvalue weighted by Crippen LogP contribution is 2.54. The first kappa shape index (κ1) is 17.4. The summed E-state index contributed by atoms with van der Waals surface area (Å²) in [6.07, 6.45) is 4.27. The highest BCUT2D eigenvalue weighted by molar-refractivity contribution is 7.99. The molecular formula is C18H24N2O3S2. The Labute approximate surface area is 156 Å². The van der Waals surface area contributed by atoms with Crippen molar-refractivity contribution in [1.29, 1.82) is 0 Å². The number of hydrogen-bond acceptors (Lipinski definition) is 5. The number of fused-ring (bicyclic) bond motifs is 1. The molecule has 3 aliphatic rings. The number of carbonyl (C=O) groups is 2. The molecule has 5 nitrogen and oxygen atoms in total. The lowest BCUT2D eigenvalue weighted by molar-refractivity contribution is -0.128. The molecule has 3 saturated heterocycles. The van der Waals surface area contributed by atoms with Crippen molar-refractivity contribution in [2.75, 3.05) is 31.6 Å². The van der Waals surface area contributed by atoms with Crippen molar-refractivity contribution in [1.82, 2.24) is 10.2 Å². The second-order valence-electron chi connectivity index (χ2n) is 7.36. The Morgan fingerprint density at radius 2 is 2.32 bits per heavy atom. The van der Waals surface area contributed by atoms with E-state index in [9.17, 15) is 9.59 Å². The third-order valence-electron chi connectivity index (χ3n) is 5.87. The van der Waals surface area contributed by atoms with Crippen LogP contribution in [0.2, 0.25) is 0 Å². The number of nitrogens with zero attached hydrogens (tertiary/aromatic N) is 1. The van der Waals surface area contributed by atoms with Crippen molar-refractivity contribution >= 4 is 34.9 Å². The van der Waals surface area contributed by atoms with Crippen LogP contribution in [0.15, 0.2) is 12.1 Å². The Morgan fingerprint density at radius 3 is 3.04 bits per heavy atom. The summed E-state index contributed by atoms with van der Waals surface area (Å²) in [4.78, 5) is 28.5. The third kappa shape index (κ3) is 3.00. The van der Waals surface area contributed by atoms with Crippen molar-refractivity contribution in [3.63, 3.8) is 0 Å². The van der Waals surface area contributed by atoms with Crippen LogP contribution in [0, 0.1) is 18.8 Å². The molecule has 1 N–H and O–H groups in total. The average molecular weight is 381 g/mol. The van der Waals surface area contributed by atoms with Crippen LogP contribution in [0.1, 0.15) is 27.4 Å². The smallest absolute Gasteiger partial charge is 0.261 e. The Balaban J connectivity index is 1.41. The summed E-state index contributed by atoms with van der Waals surface area (Å²) in [5.74, 6) is 1.41. The van der Waals surface area contributed by atoms with E-state index in [2.05, 4.69) is 5.32 Å². The normalized spacial score (nSPS) is 32.9. The van der Waals surface area contributed by atoms with E-state index in [0.29, 0.717) is 24.1 Å². The second kappa shape index (κ2) is 6.59. The highest BCUT2D eigenvalue weighted by atomic mass is 32.2. The summed E-state index contributed by atoms with van der Waals surface area (Å²) in [6, 6.07) is 3.86. The van der Waals surface area contributed by atoms with Gasteiger partial charge in [0.15, 0.2) is 0 Å². The standard InChI is InChI=1S/C18H24N2O3S2/c1-11-3-4-15(25-11)17(22)19-7-12-13-8-20(16(21)9-24-2)10-18(13)6-5-14(12)23-18/h3-4,12-14H,5-10H2,1-2H3,(H,19,22)/t12-,13+,14+,18+/m0/s1. The third-order valence-corrected chi connectivity index (χ3v) is 7.40. The number of likely N-dealkylation sites (tertiary alicyclic amines) is 1. The van der Waals surface area contributed by atoms with Crippen molar-refractivity contribution in [2.45, 2.75) is 31.5 Å². The summed E-state index contributed by atoms with van der Waals surface area (Å²) < 4.78 is 6.35. The quantitative estimate of drug-likeness (QED) is 0.850. The largest absolute Gasteiger partial charge is 0.369 e. The highest BCUT2D eigenvalue weighted by Gasteiger charge is 2.63. The zero-order valence-electron chi connectivity index (χ0n) is 14.6. The lowest BCUT2D eigenvalue weighted by Gasteiger charge is -2.29. The van der Waals surface area contributed by atoms with E-state index in [1.54, 1.807) is 11.8 Å². The van der Waals surface area contributed by atoms with Crippen LogP contribution in [0.4, 0.5) is 0 Å². The molecule has 25 heavy (non-hydrogen) atoms. The van der Waals surface area contributed by atoms with Gasteiger partial charge in [0.1, 0.15) is 0 Å². The molecule has 2 amide bonds. The lowest BCUT2D eigenvalue weighted by Crippen LogP contribution is -2.41. The minimum Gasteiger partial charge on any atom is -0.369 e. The summed E-state index contributed by atoms with van der Waals surface area (Å²) in [5.41, 5.74) is -0.159. The Hall–Kier alpha value is -1.05. The second-order valence-corrected chi connectivity index (χ2v) is 9.51. The molecule has 4 atom stereocenters. The fraction of sp³-hybridized carbons (Fsp3) is 0.667. The van der Waals surface area contributed by atoms with E-state index < -0.39 is 0 Å². The fourth-order valence-corrected chi connectivity index (χ4v) is 5.94. The number of thioether (sulfide) groups is 1. The SMILES string of the molecule is CSCC(=O)N1C[C@@H]2[C@H](CNC(=O)c3ccc(C)s3)[C@H]3CC[C@]2(C1)O3.